The monoisotopic (exact) mass is 344 g/mol. The predicted molar refractivity (Wildman–Crippen MR) is 82.8 cm³/mol. The van der Waals surface area contributed by atoms with Crippen LogP contribution in [0.5, 0.6) is 0 Å². The quantitative estimate of drug-likeness (QED) is 0.587. The number of Topliss-reactive ketones (excluding diaryl/α,β-unsaturated/α-hetero) is 1. The lowest BCUT2D eigenvalue weighted by atomic mass is 9.42. The fourth-order valence-corrected chi connectivity index (χ4v) is 5.24. The molecule has 0 aliphatic heterocycles. The van der Waals surface area contributed by atoms with Crippen molar-refractivity contribution in [2.75, 3.05) is 11.8 Å². The van der Waals surface area contributed by atoms with Crippen molar-refractivity contribution < 1.29 is 19.8 Å². The van der Waals surface area contributed by atoms with Gasteiger partial charge in [0, 0.05) is 23.2 Å². The van der Waals surface area contributed by atoms with Crippen molar-refractivity contribution in [2.24, 2.45) is 23.2 Å². The average Bonchev–Trinajstić information content (AvgIpc) is 2.49. The van der Waals surface area contributed by atoms with Crippen molar-refractivity contribution in [1.29, 1.82) is 0 Å². The largest absolute Gasteiger partial charge is 0.380 e. The molecule has 0 aromatic heterocycles. The second-order valence-electron chi connectivity index (χ2n) is 6.89. The number of halogens is 2. The van der Waals surface area contributed by atoms with E-state index in [1.54, 1.807) is 13.0 Å². The minimum atomic E-state index is -1.82. The Morgan fingerprint density at radius 2 is 1.77 bits per heavy atom. The van der Waals surface area contributed by atoms with E-state index >= 15 is 0 Å². The Hall–Kier alpha value is -0.680. The third-order valence-corrected chi connectivity index (χ3v) is 6.57. The van der Waals surface area contributed by atoms with Crippen molar-refractivity contribution in [1.82, 2.24) is 0 Å². The van der Waals surface area contributed by atoms with Crippen LogP contribution in [0.1, 0.15) is 13.8 Å². The summed E-state index contributed by atoms with van der Waals surface area (Å²) in [5.41, 5.74) is -3.59. The summed E-state index contributed by atoms with van der Waals surface area (Å²) in [6.45, 7) is 3.61. The van der Waals surface area contributed by atoms with Gasteiger partial charge in [-0.3, -0.25) is 9.59 Å². The number of ketones is 2. The van der Waals surface area contributed by atoms with Gasteiger partial charge in [0.1, 0.15) is 11.2 Å². The summed E-state index contributed by atoms with van der Waals surface area (Å²) in [5, 5.41) is 21.8. The first-order chi connectivity index (χ1) is 10.2. The molecule has 0 spiro atoms. The SMILES string of the molecule is CC1=C[C@@H]2C(=O)[C@](O)(CCl)[C@H]1[C@H]1C(O)(CCl)C(=O)C=C[C@@]21C. The summed E-state index contributed by atoms with van der Waals surface area (Å²) in [6.07, 6.45) is 4.79. The number of alkyl halides is 2. The fourth-order valence-electron chi connectivity index (χ4n) is 4.64. The van der Waals surface area contributed by atoms with E-state index in [1.165, 1.54) is 6.08 Å². The maximum absolute atomic E-state index is 12.7. The van der Waals surface area contributed by atoms with E-state index in [4.69, 9.17) is 23.2 Å². The normalized spacial score (nSPS) is 50.1. The van der Waals surface area contributed by atoms with Crippen LogP contribution in [0.4, 0.5) is 0 Å². The van der Waals surface area contributed by atoms with E-state index in [1.807, 2.05) is 13.0 Å². The minimum absolute atomic E-state index is 0.277. The van der Waals surface area contributed by atoms with Crippen molar-refractivity contribution in [3.8, 4) is 0 Å². The highest BCUT2D eigenvalue weighted by atomic mass is 35.5. The first-order valence-corrected chi connectivity index (χ1v) is 8.26. The van der Waals surface area contributed by atoms with Crippen molar-refractivity contribution in [3.05, 3.63) is 23.8 Å². The van der Waals surface area contributed by atoms with E-state index in [0.29, 0.717) is 0 Å². The molecule has 2 N–H and O–H groups in total. The molecule has 1 fully saturated rings. The molecule has 4 aliphatic rings. The van der Waals surface area contributed by atoms with Gasteiger partial charge in [-0.2, -0.15) is 0 Å². The predicted octanol–water partition coefficient (Wildman–Crippen LogP) is 1.46. The van der Waals surface area contributed by atoms with Crippen molar-refractivity contribution >= 4 is 34.8 Å². The highest BCUT2D eigenvalue weighted by Crippen LogP contribution is 2.62. The van der Waals surface area contributed by atoms with Gasteiger partial charge in [-0.05, 0) is 13.0 Å². The summed E-state index contributed by atoms with van der Waals surface area (Å²) in [6, 6.07) is 0. The average molecular weight is 345 g/mol. The topological polar surface area (TPSA) is 74.6 Å². The van der Waals surface area contributed by atoms with Gasteiger partial charge in [-0.1, -0.05) is 24.6 Å². The number of rotatable bonds is 2. The number of hydrogen-bond acceptors (Lipinski definition) is 4. The molecule has 6 heteroatoms. The minimum Gasteiger partial charge on any atom is -0.380 e. The van der Waals surface area contributed by atoms with E-state index in [2.05, 4.69) is 0 Å². The second kappa shape index (κ2) is 4.67. The molecule has 1 unspecified atom stereocenters. The Morgan fingerprint density at radius 3 is 2.32 bits per heavy atom. The molecular formula is C16H18Cl2O4. The van der Waals surface area contributed by atoms with Crippen molar-refractivity contribution in [3.63, 3.8) is 0 Å². The molecule has 0 radical (unpaired) electrons. The second-order valence-corrected chi connectivity index (χ2v) is 7.42. The standard InChI is InChI=1S/C16H18Cl2O4/c1-8-5-9-13(20)16(22,7-18)11(8)12-14(9,2)4-3-10(19)15(12,21)6-17/h3-5,9,11-12,21-22H,6-7H2,1-2H3/t9-,11-,12-,14+,15?,16+/m1/s1. The van der Waals surface area contributed by atoms with Crippen LogP contribution in [0.2, 0.25) is 0 Å². The van der Waals surface area contributed by atoms with E-state index in [0.717, 1.165) is 5.57 Å². The van der Waals surface area contributed by atoms with E-state index in [-0.39, 0.29) is 17.5 Å². The molecule has 1 saturated carbocycles. The number of hydrogen-bond donors (Lipinski definition) is 2. The molecule has 4 aliphatic carbocycles. The summed E-state index contributed by atoms with van der Waals surface area (Å²) < 4.78 is 0. The lowest BCUT2D eigenvalue weighted by Crippen LogP contribution is -2.73. The molecule has 6 atom stereocenters. The van der Waals surface area contributed by atoms with Crippen LogP contribution in [0.3, 0.4) is 0 Å². The van der Waals surface area contributed by atoms with Gasteiger partial charge in [-0.15, -0.1) is 23.2 Å². The van der Waals surface area contributed by atoms with Gasteiger partial charge >= 0.3 is 0 Å². The first-order valence-electron chi connectivity index (χ1n) is 7.20. The summed E-state index contributed by atoms with van der Waals surface area (Å²) >= 11 is 11.8. The van der Waals surface area contributed by atoms with Crippen LogP contribution in [-0.2, 0) is 9.59 Å². The van der Waals surface area contributed by atoms with Crippen LogP contribution < -0.4 is 0 Å². The van der Waals surface area contributed by atoms with Crippen LogP contribution in [0.15, 0.2) is 23.8 Å². The van der Waals surface area contributed by atoms with Gasteiger partial charge in [0.2, 0.25) is 0 Å². The number of carbonyl (C=O) groups is 2. The van der Waals surface area contributed by atoms with Crippen LogP contribution in [0, 0.1) is 23.2 Å². The number of aliphatic hydroxyl groups is 2. The molecule has 0 heterocycles. The number of allylic oxidation sites excluding steroid dienone is 2. The fraction of sp³-hybridized carbons (Fsp3) is 0.625. The highest BCUT2D eigenvalue weighted by molar-refractivity contribution is 6.22. The molecule has 22 heavy (non-hydrogen) atoms. The third-order valence-electron chi connectivity index (χ3n) is 5.76. The Bertz CT molecular complexity index is 628. The van der Waals surface area contributed by atoms with Crippen LogP contribution in [0.25, 0.3) is 0 Å². The van der Waals surface area contributed by atoms with Gasteiger partial charge < -0.3 is 10.2 Å². The molecule has 0 saturated heterocycles. The molecule has 4 nitrogen and oxygen atoms in total. The van der Waals surface area contributed by atoms with Gasteiger partial charge in [-0.25, -0.2) is 0 Å². The maximum Gasteiger partial charge on any atom is 0.188 e. The third kappa shape index (κ3) is 1.62. The van der Waals surface area contributed by atoms with Gasteiger partial charge in [0.15, 0.2) is 11.6 Å². The summed E-state index contributed by atoms with van der Waals surface area (Å²) in [4.78, 5) is 25.0. The molecule has 4 rings (SSSR count). The molecule has 120 valence electrons. The Balaban J connectivity index is 2.30. The molecule has 0 amide bonds. The Labute approximate surface area is 138 Å². The number of carbonyl (C=O) groups excluding carboxylic acids is 2. The lowest BCUT2D eigenvalue weighted by Gasteiger charge is -2.62. The zero-order chi connectivity index (χ0) is 16.5. The molecular weight excluding hydrogens is 327 g/mol. The first kappa shape index (κ1) is 16.2. The van der Waals surface area contributed by atoms with E-state index < -0.39 is 40.2 Å². The van der Waals surface area contributed by atoms with Crippen LogP contribution in [-0.4, -0.2) is 44.7 Å². The maximum atomic E-state index is 12.7. The lowest BCUT2D eigenvalue weighted by molar-refractivity contribution is -0.188. The summed E-state index contributed by atoms with van der Waals surface area (Å²) in [7, 11) is 0. The zero-order valence-electron chi connectivity index (χ0n) is 12.3. The zero-order valence-corrected chi connectivity index (χ0v) is 13.9. The Morgan fingerprint density at radius 1 is 1.18 bits per heavy atom. The number of fused-ring (bicyclic) bond motifs is 1. The smallest absolute Gasteiger partial charge is 0.188 e. The summed E-state index contributed by atoms with van der Waals surface area (Å²) in [5.74, 6) is -3.47. The van der Waals surface area contributed by atoms with E-state index in [9.17, 15) is 19.8 Å². The Kier molecular flexibility index (Phi) is 3.43. The van der Waals surface area contributed by atoms with Crippen LogP contribution >= 0.6 is 23.2 Å². The van der Waals surface area contributed by atoms with Gasteiger partial charge in [0.05, 0.1) is 11.8 Å². The van der Waals surface area contributed by atoms with Crippen molar-refractivity contribution in [2.45, 2.75) is 25.0 Å². The molecule has 0 aromatic carbocycles. The molecule has 2 bridgehead atoms. The van der Waals surface area contributed by atoms with Gasteiger partial charge in [0.25, 0.3) is 0 Å². The molecule has 0 aromatic rings. The highest BCUT2D eigenvalue weighted by Gasteiger charge is 2.71.